The SMILES string of the molecule is CCCC(NCc1ncc[nH]1)C(=O)Nc1cccc(N2CCCC2)c1. The smallest absolute Gasteiger partial charge is 0.241 e. The Morgan fingerprint density at radius 3 is 2.92 bits per heavy atom. The maximum atomic E-state index is 12.7. The predicted molar refractivity (Wildman–Crippen MR) is 101 cm³/mol. The highest BCUT2D eigenvalue weighted by atomic mass is 16.2. The molecule has 1 fully saturated rings. The van der Waals surface area contributed by atoms with E-state index in [0.717, 1.165) is 37.4 Å². The molecule has 0 saturated carbocycles. The monoisotopic (exact) mass is 341 g/mol. The molecule has 6 heteroatoms. The van der Waals surface area contributed by atoms with E-state index in [-0.39, 0.29) is 11.9 Å². The normalized spacial score (nSPS) is 15.3. The average molecular weight is 341 g/mol. The Morgan fingerprint density at radius 1 is 1.36 bits per heavy atom. The third-order valence-electron chi connectivity index (χ3n) is 4.55. The molecule has 0 radical (unpaired) electrons. The van der Waals surface area contributed by atoms with Crippen molar-refractivity contribution in [3.63, 3.8) is 0 Å². The number of aromatic amines is 1. The van der Waals surface area contributed by atoms with Crippen LogP contribution >= 0.6 is 0 Å². The standard InChI is InChI=1S/C19H27N5O/c1-2-6-17(22-14-18-20-9-10-21-18)19(25)23-15-7-5-8-16(13-15)24-11-3-4-12-24/h5,7-10,13,17,22H,2-4,6,11-12,14H2,1H3,(H,20,21)(H,23,25). The first-order chi connectivity index (χ1) is 12.3. The van der Waals surface area contributed by atoms with Gasteiger partial charge in [0.25, 0.3) is 0 Å². The largest absolute Gasteiger partial charge is 0.371 e. The molecule has 1 amide bonds. The molecule has 0 bridgehead atoms. The van der Waals surface area contributed by atoms with E-state index in [4.69, 9.17) is 0 Å². The molecule has 1 aromatic carbocycles. The number of nitrogens with one attached hydrogen (secondary N) is 3. The summed E-state index contributed by atoms with van der Waals surface area (Å²) in [5, 5.41) is 6.36. The van der Waals surface area contributed by atoms with Crippen molar-refractivity contribution in [1.29, 1.82) is 0 Å². The quantitative estimate of drug-likeness (QED) is 0.690. The van der Waals surface area contributed by atoms with Crippen LogP contribution in [0.5, 0.6) is 0 Å². The van der Waals surface area contributed by atoms with Gasteiger partial charge in [0.1, 0.15) is 5.82 Å². The Kier molecular flexibility index (Phi) is 6.06. The zero-order chi connectivity index (χ0) is 17.5. The van der Waals surface area contributed by atoms with Crippen LogP contribution in [0.4, 0.5) is 11.4 Å². The molecular formula is C19H27N5O. The molecule has 134 valence electrons. The molecule has 6 nitrogen and oxygen atoms in total. The number of H-pyrrole nitrogens is 1. The minimum absolute atomic E-state index is 0.00646. The molecular weight excluding hydrogens is 314 g/mol. The summed E-state index contributed by atoms with van der Waals surface area (Å²) in [4.78, 5) is 22.3. The first-order valence-corrected chi connectivity index (χ1v) is 9.14. The van der Waals surface area contributed by atoms with Crippen molar-refractivity contribution < 1.29 is 4.79 Å². The summed E-state index contributed by atoms with van der Waals surface area (Å²) in [6, 6.07) is 7.91. The molecule has 1 aliphatic rings. The maximum Gasteiger partial charge on any atom is 0.241 e. The van der Waals surface area contributed by atoms with Gasteiger partial charge in [0.05, 0.1) is 12.6 Å². The molecule has 1 atom stereocenters. The molecule has 3 N–H and O–H groups in total. The van der Waals surface area contributed by atoms with E-state index in [1.54, 1.807) is 12.4 Å². The molecule has 2 heterocycles. The average Bonchev–Trinajstić information content (AvgIpc) is 3.32. The molecule has 1 aliphatic heterocycles. The lowest BCUT2D eigenvalue weighted by Crippen LogP contribution is -2.40. The van der Waals surface area contributed by atoms with Gasteiger partial charge in [0.15, 0.2) is 0 Å². The molecule has 25 heavy (non-hydrogen) atoms. The van der Waals surface area contributed by atoms with E-state index in [1.807, 2.05) is 12.1 Å². The van der Waals surface area contributed by atoms with Gasteiger partial charge in [-0.05, 0) is 37.5 Å². The minimum atomic E-state index is -0.231. The lowest BCUT2D eigenvalue weighted by Gasteiger charge is -2.20. The molecule has 2 aromatic rings. The summed E-state index contributed by atoms with van der Waals surface area (Å²) in [7, 11) is 0. The summed E-state index contributed by atoms with van der Waals surface area (Å²) >= 11 is 0. The molecule has 1 aromatic heterocycles. The number of rotatable bonds is 8. The van der Waals surface area contributed by atoms with Crippen LogP contribution in [0.15, 0.2) is 36.7 Å². The highest BCUT2D eigenvalue weighted by molar-refractivity contribution is 5.95. The fourth-order valence-electron chi connectivity index (χ4n) is 3.21. The van der Waals surface area contributed by atoms with Gasteiger partial charge in [-0.25, -0.2) is 4.98 Å². The number of carbonyl (C=O) groups excluding carboxylic acids is 1. The Labute approximate surface area is 149 Å². The number of amides is 1. The second kappa shape index (κ2) is 8.67. The fourth-order valence-corrected chi connectivity index (χ4v) is 3.21. The second-order valence-corrected chi connectivity index (χ2v) is 6.49. The maximum absolute atomic E-state index is 12.7. The highest BCUT2D eigenvalue weighted by Crippen LogP contribution is 2.23. The van der Waals surface area contributed by atoms with Gasteiger partial charge in [-0.3, -0.25) is 10.1 Å². The number of aromatic nitrogens is 2. The van der Waals surface area contributed by atoms with Crippen molar-refractivity contribution in [1.82, 2.24) is 15.3 Å². The molecule has 1 unspecified atom stereocenters. The van der Waals surface area contributed by atoms with Gasteiger partial charge in [-0.1, -0.05) is 19.4 Å². The van der Waals surface area contributed by atoms with Crippen molar-refractivity contribution >= 4 is 17.3 Å². The van der Waals surface area contributed by atoms with E-state index in [9.17, 15) is 4.79 Å². The first-order valence-electron chi connectivity index (χ1n) is 9.14. The van der Waals surface area contributed by atoms with Crippen molar-refractivity contribution in [2.45, 2.75) is 45.2 Å². The molecule has 1 saturated heterocycles. The summed E-state index contributed by atoms with van der Waals surface area (Å²) in [6.45, 7) is 4.84. The lowest BCUT2D eigenvalue weighted by atomic mass is 10.1. The molecule has 0 aliphatic carbocycles. The number of benzene rings is 1. The van der Waals surface area contributed by atoms with Crippen molar-refractivity contribution in [3.05, 3.63) is 42.5 Å². The third kappa shape index (κ3) is 4.82. The van der Waals surface area contributed by atoms with Crippen molar-refractivity contribution in [2.24, 2.45) is 0 Å². The van der Waals surface area contributed by atoms with Crippen molar-refractivity contribution in [3.8, 4) is 0 Å². The molecule has 0 spiro atoms. The van der Waals surface area contributed by atoms with Gasteiger partial charge < -0.3 is 15.2 Å². The summed E-state index contributed by atoms with van der Waals surface area (Å²) in [6.07, 6.45) is 7.72. The van der Waals surface area contributed by atoms with Gasteiger partial charge in [-0.2, -0.15) is 0 Å². The number of hydrogen-bond donors (Lipinski definition) is 3. The first kappa shape index (κ1) is 17.5. The predicted octanol–water partition coefficient (Wildman–Crippen LogP) is 2.91. The van der Waals surface area contributed by atoms with E-state index in [2.05, 4.69) is 44.6 Å². The third-order valence-corrected chi connectivity index (χ3v) is 4.55. The number of hydrogen-bond acceptors (Lipinski definition) is 4. The summed E-state index contributed by atoms with van der Waals surface area (Å²) in [5.74, 6) is 0.844. The van der Waals surface area contributed by atoms with Crippen molar-refractivity contribution in [2.75, 3.05) is 23.3 Å². The minimum Gasteiger partial charge on any atom is -0.371 e. The Morgan fingerprint density at radius 2 is 2.20 bits per heavy atom. The Balaban J connectivity index is 1.60. The van der Waals surface area contributed by atoms with E-state index in [1.165, 1.54) is 18.5 Å². The van der Waals surface area contributed by atoms with Crippen LogP contribution in [-0.2, 0) is 11.3 Å². The Bertz CT molecular complexity index is 664. The van der Waals surface area contributed by atoms with Crippen LogP contribution in [0.2, 0.25) is 0 Å². The second-order valence-electron chi connectivity index (χ2n) is 6.49. The van der Waals surface area contributed by atoms with Gasteiger partial charge in [0.2, 0.25) is 5.91 Å². The van der Waals surface area contributed by atoms with Gasteiger partial charge >= 0.3 is 0 Å². The van der Waals surface area contributed by atoms with Crippen LogP contribution in [0, 0.1) is 0 Å². The Hall–Kier alpha value is -2.34. The highest BCUT2D eigenvalue weighted by Gasteiger charge is 2.18. The zero-order valence-corrected chi connectivity index (χ0v) is 14.8. The van der Waals surface area contributed by atoms with Gasteiger partial charge in [0, 0.05) is 36.9 Å². The van der Waals surface area contributed by atoms with E-state index < -0.39 is 0 Å². The molecule has 3 rings (SSSR count). The van der Waals surface area contributed by atoms with Crippen LogP contribution in [-0.4, -0.2) is 35.0 Å². The summed E-state index contributed by atoms with van der Waals surface area (Å²) < 4.78 is 0. The number of carbonyl (C=O) groups is 1. The number of nitrogens with zero attached hydrogens (tertiary/aromatic N) is 2. The topological polar surface area (TPSA) is 73.0 Å². The lowest BCUT2D eigenvalue weighted by molar-refractivity contribution is -0.118. The van der Waals surface area contributed by atoms with Gasteiger partial charge in [-0.15, -0.1) is 0 Å². The van der Waals surface area contributed by atoms with Crippen LogP contribution < -0.4 is 15.5 Å². The number of imidazole rings is 1. The summed E-state index contributed by atoms with van der Waals surface area (Å²) in [5.41, 5.74) is 2.04. The van der Waals surface area contributed by atoms with Crippen LogP contribution in [0.3, 0.4) is 0 Å². The number of anilines is 2. The zero-order valence-electron chi connectivity index (χ0n) is 14.8. The fraction of sp³-hybridized carbons (Fsp3) is 0.474. The van der Waals surface area contributed by atoms with E-state index in [0.29, 0.717) is 6.54 Å². The van der Waals surface area contributed by atoms with Crippen LogP contribution in [0.1, 0.15) is 38.4 Å². The van der Waals surface area contributed by atoms with Crippen LogP contribution in [0.25, 0.3) is 0 Å². The van der Waals surface area contributed by atoms with E-state index >= 15 is 0 Å².